The summed E-state index contributed by atoms with van der Waals surface area (Å²) in [5.74, 6) is -2.94. The number of hydrogen-bond acceptors (Lipinski definition) is 5. The van der Waals surface area contributed by atoms with Crippen molar-refractivity contribution in [2.75, 3.05) is 5.73 Å². The van der Waals surface area contributed by atoms with Gasteiger partial charge in [-0.1, -0.05) is 6.04 Å². The van der Waals surface area contributed by atoms with Gasteiger partial charge in [-0.2, -0.15) is 0 Å². The number of nitrogens with two attached hydrogens (primary N) is 1. The number of aryl methyl sites for hydroxylation is 1. The molecule has 2 aromatic rings. The number of Topliss-reactive ketones (excluding diaryl/α,β-unsaturated/α-hetero) is 2. The second-order valence-electron chi connectivity index (χ2n) is 4.38. The largest absolute Gasteiger partial charge is 0.398 e. The molecule has 0 bridgehead atoms. The van der Waals surface area contributed by atoms with Crippen molar-refractivity contribution >= 4 is 28.2 Å². The van der Waals surface area contributed by atoms with Crippen LogP contribution in [0.5, 0.6) is 0 Å². The van der Waals surface area contributed by atoms with E-state index in [1.807, 2.05) is 0 Å². The molecule has 0 spiro atoms. The lowest BCUT2D eigenvalue weighted by Crippen LogP contribution is -2.36. The summed E-state index contributed by atoms with van der Waals surface area (Å²) in [5.41, 5.74) is 3.60. The highest BCUT2D eigenvalue weighted by Gasteiger charge is 2.30. The normalized spacial score (nSPS) is 34.0. The number of rotatable bonds is 1. The first-order valence-corrected chi connectivity index (χ1v) is 5.91. The van der Waals surface area contributed by atoms with Crippen LogP contribution in [0.25, 0.3) is 10.9 Å². The fraction of sp³-hybridized carbons (Fsp3) is 0.333. The lowest BCUT2D eigenvalue weighted by atomic mass is 9.92. The molecule has 1 saturated carbocycles. The van der Waals surface area contributed by atoms with Crippen molar-refractivity contribution in [1.29, 1.82) is 0 Å². The SMILES string of the molecule is [2H]Cc1nc2c([2H])c([2H])c([2H])c(N)c2c(=O)n1C1([2H])C(=O)CC(=O)C([2H])([2H])C1[2H]. The maximum absolute atomic E-state index is 13.2. The molecule has 21 heavy (non-hydrogen) atoms. The summed E-state index contributed by atoms with van der Waals surface area (Å²) in [6, 6.07) is -4.78. The molecular weight excluding hydrogens is 270 g/mol. The molecular formula is C15H15N3O3. The van der Waals surface area contributed by atoms with Crippen molar-refractivity contribution in [3.63, 3.8) is 0 Å². The highest BCUT2D eigenvalue weighted by molar-refractivity contribution is 6.03. The second-order valence-corrected chi connectivity index (χ2v) is 4.38. The molecule has 1 aliphatic carbocycles. The highest BCUT2D eigenvalue weighted by Crippen LogP contribution is 2.24. The molecule has 6 nitrogen and oxygen atoms in total. The van der Waals surface area contributed by atoms with Gasteiger partial charge < -0.3 is 5.73 Å². The van der Waals surface area contributed by atoms with Crippen LogP contribution in [-0.4, -0.2) is 21.1 Å². The van der Waals surface area contributed by atoms with E-state index < -0.39 is 89.8 Å². The standard InChI is InChI=1S/C15H15N3O3/c1-8-17-11-4-2-3-10(16)14(11)15(21)18(8)12-6-5-9(19)7-13(12)20/h2-4,12H,5-7,16H2,1H3/i1D,2D,3D,4D,5D2,6D,12D. The van der Waals surface area contributed by atoms with Gasteiger partial charge in [-0.25, -0.2) is 4.98 Å². The maximum Gasteiger partial charge on any atom is 0.264 e. The van der Waals surface area contributed by atoms with Gasteiger partial charge in [0.25, 0.3) is 5.56 Å². The number of benzene rings is 1. The van der Waals surface area contributed by atoms with Crippen molar-refractivity contribution in [2.45, 2.75) is 32.1 Å². The molecule has 1 heterocycles. The quantitative estimate of drug-likeness (QED) is 0.628. The Labute approximate surface area is 131 Å². The number of fused-ring (bicyclic) bond motifs is 1. The molecule has 108 valence electrons. The fourth-order valence-corrected chi connectivity index (χ4v) is 2.07. The zero-order valence-electron chi connectivity index (χ0n) is 18.7. The summed E-state index contributed by atoms with van der Waals surface area (Å²) >= 11 is 0. The number of anilines is 1. The zero-order valence-corrected chi connectivity index (χ0v) is 10.7. The minimum Gasteiger partial charge on any atom is -0.398 e. The van der Waals surface area contributed by atoms with Gasteiger partial charge in [0, 0.05) is 17.5 Å². The third kappa shape index (κ3) is 2.12. The van der Waals surface area contributed by atoms with E-state index in [1.165, 1.54) is 0 Å². The molecule has 0 aliphatic heterocycles. The monoisotopic (exact) mass is 293 g/mol. The van der Waals surface area contributed by atoms with Gasteiger partial charge in [0.1, 0.15) is 11.6 Å². The minimum absolute atomic E-state index is 0.353. The molecule has 1 fully saturated rings. The van der Waals surface area contributed by atoms with E-state index in [-0.39, 0.29) is 0 Å². The molecule has 3 rings (SSSR count). The zero-order chi connectivity index (χ0) is 22.0. The number of carbonyl (C=O) groups excluding carboxylic acids is 2. The van der Waals surface area contributed by atoms with E-state index in [1.54, 1.807) is 0 Å². The third-order valence-electron chi connectivity index (χ3n) is 3.02. The van der Waals surface area contributed by atoms with Crippen LogP contribution in [0.2, 0.25) is 0 Å². The second kappa shape index (κ2) is 4.80. The van der Waals surface area contributed by atoms with Gasteiger partial charge in [0.15, 0.2) is 5.78 Å². The maximum atomic E-state index is 13.2. The predicted molar refractivity (Wildman–Crippen MR) is 78.1 cm³/mol. The molecule has 1 aromatic heterocycles. The predicted octanol–water partition coefficient (Wildman–Crippen LogP) is 1.15. The number of aromatic nitrogens is 2. The van der Waals surface area contributed by atoms with E-state index in [9.17, 15) is 14.4 Å². The Morgan fingerprint density at radius 3 is 3.10 bits per heavy atom. The summed E-state index contributed by atoms with van der Waals surface area (Å²) in [4.78, 5) is 41.6. The highest BCUT2D eigenvalue weighted by atomic mass is 16.2. The van der Waals surface area contributed by atoms with Gasteiger partial charge >= 0.3 is 0 Å². The third-order valence-corrected chi connectivity index (χ3v) is 3.02. The van der Waals surface area contributed by atoms with Gasteiger partial charge in [-0.15, -0.1) is 0 Å². The minimum atomic E-state index is -2.92. The molecule has 1 aliphatic rings. The van der Waals surface area contributed by atoms with Crippen LogP contribution in [0.15, 0.2) is 22.9 Å². The van der Waals surface area contributed by atoms with Crippen molar-refractivity contribution in [1.82, 2.24) is 9.55 Å². The molecule has 1 aromatic carbocycles. The Kier molecular flexibility index (Phi) is 1.59. The Bertz CT molecular complexity index is 1150. The van der Waals surface area contributed by atoms with E-state index >= 15 is 0 Å². The fourth-order valence-electron chi connectivity index (χ4n) is 2.07. The molecule has 0 radical (unpaired) electrons. The van der Waals surface area contributed by atoms with Crippen molar-refractivity contribution in [3.8, 4) is 0 Å². The first kappa shape index (κ1) is 6.98. The van der Waals surface area contributed by atoms with Crippen molar-refractivity contribution < 1.29 is 20.6 Å². The van der Waals surface area contributed by atoms with Crippen LogP contribution in [0, 0.1) is 6.90 Å². The van der Waals surface area contributed by atoms with Crippen molar-refractivity contribution in [3.05, 3.63) is 34.3 Å². The van der Waals surface area contributed by atoms with Crippen LogP contribution < -0.4 is 11.3 Å². The summed E-state index contributed by atoms with van der Waals surface area (Å²) in [6.45, 7) is -0.780. The molecule has 2 atom stereocenters. The lowest BCUT2D eigenvalue weighted by molar-refractivity contribution is -0.132. The van der Waals surface area contributed by atoms with E-state index in [0.29, 0.717) is 4.57 Å². The van der Waals surface area contributed by atoms with Crippen LogP contribution >= 0.6 is 0 Å². The Hall–Kier alpha value is -2.50. The summed E-state index contributed by atoms with van der Waals surface area (Å²) in [7, 11) is 0. The van der Waals surface area contributed by atoms with Crippen molar-refractivity contribution in [2.24, 2.45) is 0 Å². The van der Waals surface area contributed by atoms with E-state index in [0.717, 1.165) is 0 Å². The smallest absolute Gasteiger partial charge is 0.264 e. The number of carbonyl (C=O) groups is 2. The number of nitrogens with zero attached hydrogens (tertiary/aromatic N) is 2. The van der Waals surface area contributed by atoms with Gasteiger partial charge in [-0.3, -0.25) is 19.0 Å². The lowest BCUT2D eigenvalue weighted by Gasteiger charge is -2.24. The van der Waals surface area contributed by atoms with Gasteiger partial charge in [-0.05, 0) is 25.4 Å². The molecule has 2 N–H and O–H groups in total. The Morgan fingerprint density at radius 1 is 1.52 bits per heavy atom. The van der Waals surface area contributed by atoms with Crippen LogP contribution in [0.4, 0.5) is 5.69 Å². The van der Waals surface area contributed by atoms with E-state index in [4.69, 9.17) is 16.7 Å². The van der Waals surface area contributed by atoms with Crippen LogP contribution in [-0.2, 0) is 9.59 Å². The van der Waals surface area contributed by atoms with Gasteiger partial charge in [0.05, 0.1) is 28.8 Å². The van der Waals surface area contributed by atoms with E-state index in [2.05, 4.69) is 4.98 Å². The first-order chi connectivity index (χ1) is 13.3. The Morgan fingerprint density at radius 2 is 2.33 bits per heavy atom. The summed E-state index contributed by atoms with van der Waals surface area (Å²) in [5, 5.41) is -0.544. The molecule has 0 saturated heterocycles. The van der Waals surface area contributed by atoms with Crippen LogP contribution in [0.1, 0.15) is 42.0 Å². The molecule has 0 amide bonds. The first-order valence-electron chi connectivity index (χ1n) is 10.2. The number of hydrogen-bond donors (Lipinski definition) is 1. The average Bonchev–Trinajstić information content (AvgIpc) is 2.67. The number of nitrogen functional groups attached to an aromatic ring is 1. The molecule has 6 heteroatoms. The molecule has 2 unspecified atom stereocenters. The summed E-state index contributed by atoms with van der Waals surface area (Å²) < 4.78 is 63.7. The Balaban J connectivity index is 2.50. The topological polar surface area (TPSA) is 95.0 Å². The summed E-state index contributed by atoms with van der Waals surface area (Å²) in [6.07, 6.45) is -6.28. The number of ketones is 2. The van der Waals surface area contributed by atoms with Crippen LogP contribution in [0.3, 0.4) is 0 Å². The average molecular weight is 293 g/mol. The van der Waals surface area contributed by atoms with Gasteiger partial charge in [0.2, 0.25) is 0 Å².